The third kappa shape index (κ3) is 2.92. The van der Waals surface area contributed by atoms with Crippen LogP contribution in [-0.4, -0.2) is 12.1 Å². The molecule has 0 amide bonds. The number of nitrogens with zero attached hydrogens (tertiary/aromatic N) is 2. The molecule has 0 N–H and O–H groups in total. The monoisotopic (exact) mass is 252 g/mol. The van der Waals surface area contributed by atoms with Gasteiger partial charge in [0.05, 0.1) is 24.6 Å². The van der Waals surface area contributed by atoms with E-state index in [-0.39, 0.29) is 0 Å². The van der Waals surface area contributed by atoms with Gasteiger partial charge in [-0.2, -0.15) is 5.26 Å². The predicted octanol–water partition coefficient (Wildman–Crippen LogP) is 3.58. The molecule has 0 aliphatic heterocycles. The van der Waals surface area contributed by atoms with Crippen LogP contribution in [0.1, 0.15) is 24.5 Å². The molecule has 0 aliphatic carbocycles. The number of aromatic nitrogens is 1. The molecule has 0 radical (unpaired) electrons. The first kappa shape index (κ1) is 13.1. The van der Waals surface area contributed by atoms with Gasteiger partial charge in [0.1, 0.15) is 6.07 Å². The zero-order chi connectivity index (χ0) is 13.7. The molecule has 1 aromatic carbocycles. The van der Waals surface area contributed by atoms with Gasteiger partial charge in [-0.15, -0.1) is 0 Å². The van der Waals surface area contributed by atoms with E-state index < -0.39 is 0 Å². The number of benzene rings is 1. The number of methoxy groups -OCH3 is 1. The summed E-state index contributed by atoms with van der Waals surface area (Å²) in [5.74, 6) is 0.508. The molecule has 1 aromatic heterocycles. The van der Waals surface area contributed by atoms with Gasteiger partial charge < -0.3 is 4.74 Å². The topological polar surface area (TPSA) is 45.9 Å². The highest BCUT2D eigenvalue weighted by Gasteiger charge is 2.06. The Morgan fingerprint density at radius 2 is 2.00 bits per heavy atom. The molecule has 2 rings (SSSR count). The lowest BCUT2D eigenvalue weighted by molar-refractivity contribution is 0.411. The Labute approximate surface area is 113 Å². The summed E-state index contributed by atoms with van der Waals surface area (Å²) in [5, 5.41) is 9.08. The fraction of sp³-hybridized carbons (Fsp3) is 0.250. The van der Waals surface area contributed by atoms with E-state index in [1.54, 1.807) is 12.3 Å². The van der Waals surface area contributed by atoms with E-state index in [2.05, 4.69) is 30.1 Å². The number of hydrogen-bond acceptors (Lipinski definition) is 3. The van der Waals surface area contributed by atoms with Crippen LogP contribution in [0.4, 0.5) is 0 Å². The first-order chi connectivity index (χ1) is 9.28. The molecule has 3 nitrogen and oxygen atoms in total. The van der Waals surface area contributed by atoms with Crippen LogP contribution in [0.25, 0.3) is 11.3 Å². The average Bonchev–Trinajstić information content (AvgIpc) is 2.47. The minimum absolute atomic E-state index is 0.505. The smallest absolute Gasteiger partial charge is 0.154 e. The molecule has 0 fully saturated rings. The van der Waals surface area contributed by atoms with Crippen LogP contribution in [0.15, 0.2) is 36.5 Å². The van der Waals surface area contributed by atoms with Crippen molar-refractivity contribution in [3.05, 3.63) is 47.7 Å². The van der Waals surface area contributed by atoms with Crippen LogP contribution in [-0.2, 0) is 6.42 Å². The molecule has 2 aromatic rings. The maximum Gasteiger partial charge on any atom is 0.154 e. The molecular formula is C16H16N2O. The molecule has 0 saturated carbocycles. The van der Waals surface area contributed by atoms with Crippen LogP contribution >= 0.6 is 0 Å². The van der Waals surface area contributed by atoms with E-state index in [0.29, 0.717) is 11.3 Å². The van der Waals surface area contributed by atoms with Crippen LogP contribution in [0.3, 0.4) is 0 Å². The van der Waals surface area contributed by atoms with Crippen molar-refractivity contribution in [2.45, 2.75) is 19.8 Å². The summed E-state index contributed by atoms with van der Waals surface area (Å²) in [6, 6.07) is 12.2. The normalized spacial score (nSPS) is 9.95. The molecule has 96 valence electrons. The van der Waals surface area contributed by atoms with Crippen LogP contribution in [0.2, 0.25) is 0 Å². The minimum atomic E-state index is 0.505. The molecule has 3 heteroatoms. The van der Waals surface area contributed by atoms with Crippen molar-refractivity contribution in [2.24, 2.45) is 0 Å². The zero-order valence-corrected chi connectivity index (χ0v) is 11.2. The summed E-state index contributed by atoms with van der Waals surface area (Å²) in [6.45, 7) is 2.16. The standard InChI is InChI=1S/C16H16N2O/c1-3-4-12-5-7-13(8-6-12)15-9-14(10-17)16(19-2)11-18-15/h5-9,11H,3-4H2,1-2H3. The highest BCUT2D eigenvalue weighted by atomic mass is 16.5. The predicted molar refractivity (Wildman–Crippen MR) is 74.9 cm³/mol. The van der Waals surface area contributed by atoms with E-state index in [1.165, 1.54) is 12.7 Å². The molecule has 0 spiro atoms. The SMILES string of the molecule is CCCc1ccc(-c2cc(C#N)c(OC)cn2)cc1. The fourth-order valence-corrected chi connectivity index (χ4v) is 1.98. The van der Waals surface area contributed by atoms with E-state index >= 15 is 0 Å². The number of ether oxygens (including phenoxy) is 1. The van der Waals surface area contributed by atoms with Gasteiger partial charge in [-0.3, -0.25) is 4.98 Å². The van der Waals surface area contributed by atoms with E-state index in [9.17, 15) is 0 Å². The number of pyridine rings is 1. The summed E-state index contributed by atoms with van der Waals surface area (Å²) in [4.78, 5) is 4.33. The van der Waals surface area contributed by atoms with Crippen molar-refractivity contribution in [1.82, 2.24) is 4.98 Å². The molecule has 0 saturated heterocycles. The molecule has 1 heterocycles. The Bertz CT molecular complexity index is 597. The average molecular weight is 252 g/mol. The Morgan fingerprint density at radius 3 is 2.58 bits per heavy atom. The highest BCUT2D eigenvalue weighted by Crippen LogP contribution is 2.23. The summed E-state index contributed by atoms with van der Waals surface area (Å²) >= 11 is 0. The Hall–Kier alpha value is -2.34. The van der Waals surface area contributed by atoms with Crippen molar-refractivity contribution >= 4 is 0 Å². The first-order valence-corrected chi connectivity index (χ1v) is 6.32. The first-order valence-electron chi connectivity index (χ1n) is 6.32. The molecule has 0 aliphatic rings. The highest BCUT2D eigenvalue weighted by molar-refractivity contribution is 5.63. The Balaban J connectivity index is 2.34. The zero-order valence-electron chi connectivity index (χ0n) is 11.2. The lowest BCUT2D eigenvalue weighted by Crippen LogP contribution is -1.92. The van der Waals surface area contributed by atoms with Crippen molar-refractivity contribution in [3.8, 4) is 23.1 Å². The maximum absolute atomic E-state index is 9.08. The van der Waals surface area contributed by atoms with Crippen LogP contribution in [0, 0.1) is 11.3 Å². The van der Waals surface area contributed by atoms with E-state index in [0.717, 1.165) is 24.1 Å². The molecule has 0 unspecified atom stereocenters. The van der Waals surface area contributed by atoms with Gasteiger partial charge in [0, 0.05) is 5.56 Å². The number of aryl methyl sites for hydroxylation is 1. The summed E-state index contributed by atoms with van der Waals surface area (Å²) < 4.78 is 5.09. The third-order valence-electron chi connectivity index (χ3n) is 3.00. The second-order valence-corrected chi connectivity index (χ2v) is 4.33. The fourth-order valence-electron chi connectivity index (χ4n) is 1.98. The Kier molecular flexibility index (Phi) is 4.15. The maximum atomic E-state index is 9.08. The largest absolute Gasteiger partial charge is 0.494 e. The van der Waals surface area contributed by atoms with Gasteiger partial charge in [0.25, 0.3) is 0 Å². The van der Waals surface area contributed by atoms with E-state index in [1.807, 2.05) is 12.1 Å². The van der Waals surface area contributed by atoms with Gasteiger partial charge >= 0.3 is 0 Å². The van der Waals surface area contributed by atoms with Gasteiger partial charge in [-0.25, -0.2) is 0 Å². The van der Waals surface area contributed by atoms with Gasteiger partial charge in [0.15, 0.2) is 5.75 Å². The van der Waals surface area contributed by atoms with Crippen molar-refractivity contribution in [1.29, 1.82) is 5.26 Å². The van der Waals surface area contributed by atoms with E-state index in [4.69, 9.17) is 10.00 Å². The lowest BCUT2D eigenvalue weighted by Gasteiger charge is -2.06. The summed E-state index contributed by atoms with van der Waals surface area (Å²) in [6.07, 6.45) is 3.81. The van der Waals surface area contributed by atoms with Crippen LogP contribution in [0.5, 0.6) is 5.75 Å². The quantitative estimate of drug-likeness (QED) is 0.835. The van der Waals surface area contributed by atoms with Gasteiger partial charge in [-0.1, -0.05) is 37.6 Å². The molecule has 0 atom stereocenters. The number of rotatable bonds is 4. The minimum Gasteiger partial charge on any atom is -0.494 e. The molecule has 19 heavy (non-hydrogen) atoms. The second kappa shape index (κ2) is 6.01. The third-order valence-corrected chi connectivity index (χ3v) is 3.00. The van der Waals surface area contributed by atoms with Crippen molar-refractivity contribution in [3.63, 3.8) is 0 Å². The second-order valence-electron chi connectivity index (χ2n) is 4.33. The molecule has 0 bridgehead atoms. The van der Waals surface area contributed by atoms with Crippen molar-refractivity contribution in [2.75, 3.05) is 7.11 Å². The van der Waals surface area contributed by atoms with Crippen molar-refractivity contribution < 1.29 is 4.74 Å². The van der Waals surface area contributed by atoms with Gasteiger partial charge in [0.2, 0.25) is 0 Å². The summed E-state index contributed by atoms with van der Waals surface area (Å²) in [7, 11) is 1.54. The van der Waals surface area contributed by atoms with Gasteiger partial charge in [-0.05, 0) is 18.1 Å². The van der Waals surface area contributed by atoms with Crippen LogP contribution < -0.4 is 4.74 Å². The summed E-state index contributed by atoms with van der Waals surface area (Å²) in [5.41, 5.74) is 3.63. The number of hydrogen-bond donors (Lipinski definition) is 0. The Morgan fingerprint density at radius 1 is 1.26 bits per heavy atom. The number of nitriles is 1. The lowest BCUT2D eigenvalue weighted by atomic mass is 10.0. The molecular weight excluding hydrogens is 236 g/mol.